The SMILES string of the molecule is Cc1cc(F)ccc1S(=O)(=O)NCC[C@H]1CCCOC1. The van der Waals surface area contributed by atoms with Crippen LogP contribution >= 0.6 is 0 Å². The summed E-state index contributed by atoms with van der Waals surface area (Å²) in [6, 6.07) is 3.69. The second-order valence-corrected chi connectivity index (χ2v) is 6.91. The molecule has 0 saturated carbocycles. The van der Waals surface area contributed by atoms with Crippen molar-refractivity contribution < 1.29 is 17.5 Å². The van der Waals surface area contributed by atoms with Gasteiger partial charge in [-0.25, -0.2) is 17.5 Å². The zero-order chi connectivity index (χ0) is 14.6. The van der Waals surface area contributed by atoms with Gasteiger partial charge < -0.3 is 4.74 Å². The summed E-state index contributed by atoms with van der Waals surface area (Å²) in [5.74, 6) is -0.0124. The molecule has 0 bridgehead atoms. The average Bonchev–Trinajstić information content (AvgIpc) is 2.39. The fourth-order valence-electron chi connectivity index (χ4n) is 2.42. The number of halogens is 1. The van der Waals surface area contributed by atoms with Crippen LogP contribution in [0.1, 0.15) is 24.8 Å². The normalized spacial score (nSPS) is 20.0. The number of hydrogen-bond acceptors (Lipinski definition) is 3. The number of rotatable bonds is 5. The van der Waals surface area contributed by atoms with Crippen LogP contribution in [0.5, 0.6) is 0 Å². The smallest absolute Gasteiger partial charge is 0.240 e. The number of ether oxygens (including phenoxy) is 1. The van der Waals surface area contributed by atoms with Gasteiger partial charge in [0.25, 0.3) is 0 Å². The zero-order valence-electron chi connectivity index (χ0n) is 11.6. The zero-order valence-corrected chi connectivity index (χ0v) is 12.4. The van der Waals surface area contributed by atoms with Gasteiger partial charge >= 0.3 is 0 Å². The molecule has 1 N–H and O–H groups in total. The van der Waals surface area contributed by atoms with Gasteiger partial charge in [-0.1, -0.05) is 0 Å². The van der Waals surface area contributed by atoms with Crippen LogP contribution in [0.2, 0.25) is 0 Å². The van der Waals surface area contributed by atoms with Crippen LogP contribution < -0.4 is 4.72 Å². The molecule has 6 heteroatoms. The molecule has 1 aliphatic rings. The van der Waals surface area contributed by atoms with Gasteiger partial charge in [-0.15, -0.1) is 0 Å². The molecule has 0 spiro atoms. The van der Waals surface area contributed by atoms with E-state index < -0.39 is 15.8 Å². The minimum absolute atomic E-state index is 0.138. The molecule has 1 heterocycles. The van der Waals surface area contributed by atoms with E-state index in [0.29, 0.717) is 24.6 Å². The van der Waals surface area contributed by atoms with E-state index in [0.717, 1.165) is 31.9 Å². The van der Waals surface area contributed by atoms with Crippen molar-refractivity contribution in [1.29, 1.82) is 0 Å². The maximum atomic E-state index is 13.0. The van der Waals surface area contributed by atoms with E-state index >= 15 is 0 Å². The summed E-state index contributed by atoms with van der Waals surface area (Å²) in [7, 11) is -3.57. The van der Waals surface area contributed by atoms with Crippen LogP contribution in [0.15, 0.2) is 23.1 Å². The Labute approximate surface area is 119 Å². The number of benzene rings is 1. The molecule has 1 fully saturated rings. The maximum Gasteiger partial charge on any atom is 0.240 e. The van der Waals surface area contributed by atoms with E-state index in [9.17, 15) is 12.8 Å². The van der Waals surface area contributed by atoms with Crippen molar-refractivity contribution in [3.8, 4) is 0 Å². The van der Waals surface area contributed by atoms with E-state index in [1.165, 1.54) is 12.1 Å². The molecule has 0 aliphatic carbocycles. The summed E-state index contributed by atoms with van der Waals surface area (Å²) in [6.07, 6.45) is 2.88. The highest BCUT2D eigenvalue weighted by Crippen LogP contribution is 2.18. The Bertz CT molecular complexity index is 554. The fraction of sp³-hybridized carbons (Fsp3) is 0.571. The van der Waals surface area contributed by atoms with Crippen molar-refractivity contribution in [2.24, 2.45) is 5.92 Å². The summed E-state index contributed by atoms with van der Waals surface area (Å²) in [5.41, 5.74) is 0.415. The van der Waals surface area contributed by atoms with E-state index in [2.05, 4.69) is 4.72 Å². The molecule has 0 aromatic heterocycles. The van der Waals surface area contributed by atoms with Gasteiger partial charge in [-0.2, -0.15) is 0 Å². The second kappa shape index (κ2) is 6.65. The molecule has 0 unspecified atom stereocenters. The quantitative estimate of drug-likeness (QED) is 0.907. The van der Waals surface area contributed by atoms with Gasteiger partial charge in [-0.05, 0) is 55.9 Å². The van der Waals surface area contributed by atoms with Crippen molar-refractivity contribution >= 4 is 10.0 Å². The Balaban J connectivity index is 1.93. The van der Waals surface area contributed by atoms with Crippen LogP contribution in [0.4, 0.5) is 4.39 Å². The van der Waals surface area contributed by atoms with Crippen LogP contribution in [0.3, 0.4) is 0 Å². The van der Waals surface area contributed by atoms with E-state index in [1.807, 2.05) is 0 Å². The Kier molecular flexibility index (Phi) is 5.12. The van der Waals surface area contributed by atoms with Crippen molar-refractivity contribution in [3.63, 3.8) is 0 Å². The first-order valence-corrected chi connectivity index (χ1v) is 8.31. The monoisotopic (exact) mass is 301 g/mol. The topological polar surface area (TPSA) is 55.4 Å². The molecule has 1 aromatic rings. The van der Waals surface area contributed by atoms with Crippen LogP contribution in [0.25, 0.3) is 0 Å². The number of nitrogens with one attached hydrogen (secondary N) is 1. The van der Waals surface area contributed by atoms with Crippen molar-refractivity contribution in [3.05, 3.63) is 29.6 Å². The average molecular weight is 301 g/mol. The summed E-state index contributed by atoms with van der Waals surface area (Å²) < 4.78 is 45.2. The molecule has 1 saturated heterocycles. The predicted octanol–water partition coefficient (Wildman–Crippen LogP) is 2.23. The summed E-state index contributed by atoms with van der Waals surface area (Å²) in [4.78, 5) is 0.138. The minimum atomic E-state index is -3.57. The predicted molar refractivity (Wildman–Crippen MR) is 74.5 cm³/mol. The number of sulfonamides is 1. The molecule has 0 radical (unpaired) electrons. The first-order valence-electron chi connectivity index (χ1n) is 6.82. The molecule has 1 atom stereocenters. The molecule has 4 nitrogen and oxygen atoms in total. The third kappa shape index (κ3) is 4.01. The molecule has 0 amide bonds. The van der Waals surface area contributed by atoms with E-state index in [-0.39, 0.29) is 4.90 Å². The first kappa shape index (κ1) is 15.4. The molecular weight excluding hydrogens is 281 g/mol. The van der Waals surface area contributed by atoms with Gasteiger partial charge in [0, 0.05) is 19.8 Å². The molecule has 1 aromatic carbocycles. The highest BCUT2D eigenvalue weighted by Gasteiger charge is 2.18. The Morgan fingerprint density at radius 2 is 2.25 bits per heavy atom. The lowest BCUT2D eigenvalue weighted by Crippen LogP contribution is -2.28. The lowest BCUT2D eigenvalue weighted by atomic mass is 9.99. The summed E-state index contributed by atoms with van der Waals surface area (Å²) >= 11 is 0. The second-order valence-electron chi connectivity index (χ2n) is 5.18. The van der Waals surface area contributed by atoms with Gasteiger partial charge in [0.1, 0.15) is 5.82 Å². The summed E-state index contributed by atoms with van der Waals surface area (Å²) in [5, 5.41) is 0. The van der Waals surface area contributed by atoms with Gasteiger partial charge in [0.2, 0.25) is 10.0 Å². The highest BCUT2D eigenvalue weighted by molar-refractivity contribution is 7.89. The number of aryl methyl sites for hydroxylation is 1. The van der Waals surface area contributed by atoms with Crippen LogP contribution in [0, 0.1) is 18.7 Å². The number of hydrogen-bond donors (Lipinski definition) is 1. The molecule has 1 aliphatic heterocycles. The lowest BCUT2D eigenvalue weighted by Gasteiger charge is -2.22. The molecule has 20 heavy (non-hydrogen) atoms. The van der Waals surface area contributed by atoms with Gasteiger partial charge in [-0.3, -0.25) is 0 Å². The Morgan fingerprint density at radius 3 is 2.90 bits per heavy atom. The fourth-order valence-corrected chi connectivity index (χ4v) is 3.70. The summed E-state index contributed by atoms with van der Waals surface area (Å²) in [6.45, 7) is 3.48. The third-order valence-electron chi connectivity index (χ3n) is 3.53. The lowest BCUT2D eigenvalue weighted by molar-refractivity contribution is 0.0523. The molecule has 112 valence electrons. The maximum absolute atomic E-state index is 13.0. The van der Waals surface area contributed by atoms with Gasteiger partial charge in [0.15, 0.2) is 0 Å². The highest BCUT2D eigenvalue weighted by atomic mass is 32.2. The van der Waals surface area contributed by atoms with Crippen LogP contribution in [-0.4, -0.2) is 28.2 Å². The van der Waals surface area contributed by atoms with Crippen molar-refractivity contribution in [2.75, 3.05) is 19.8 Å². The van der Waals surface area contributed by atoms with E-state index in [4.69, 9.17) is 4.74 Å². The Hall–Kier alpha value is -0.980. The largest absolute Gasteiger partial charge is 0.381 e. The van der Waals surface area contributed by atoms with E-state index in [1.54, 1.807) is 6.92 Å². The molecule has 2 rings (SSSR count). The minimum Gasteiger partial charge on any atom is -0.381 e. The molecular formula is C14H20FNO3S. The third-order valence-corrected chi connectivity index (χ3v) is 5.15. The van der Waals surface area contributed by atoms with Gasteiger partial charge in [0.05, 0.1) is 4.90 Å². The van der Waals surface area contributed by atoms with Crippen molar-refractivity contribution in [1.82, 2.24) is 4.72 Å². The Morgan fingerprint density at radius 1 is 1.45 bits per heavy atom. The van der Waals surface area contributed by atoms with Crippen molar-refractivity contribution in [2.45, 2.75) is 31.1 Å². The van der Waals surface area contributed by atoms with Crippen LogP contribution in [-0.2, 0) is 14.8 Å². The standard InChI is InChI=1S/C14H20FNO3S/c1-11-9-13(15)4-5-14(11)20(17,18)16-7-6-12-3-2-8-19-10-12/h4-5,9,12,16H,2-3,6-8,10H2,1H3/t12-/m1/s1. The first-order chi connectivity index (χ1) is 9.49.